The van der Waals surface area contributed by atoms with E-state index in [-0.39, 0.29) is 30.0 Å². The lowest BCUT2D eigenvalue weighted by atomic mass is 9.81. The Morgan fingerprint density at radius 3 is 2.15 bits per heavy atom. The summed E-state index contributed by atoms with van der Waals surface area (Å²) in [5, 5.41) is 11.2. The molecule has 0 radical (unpaired) electrons. The van der Waals surface area contributed by atoms with Crippen molar-refractivity contribution in [1.29, 1.82) is 0 Å². The average molecular weight is 303 g/mol. The topological polar surface area (TPSA) is 101 Å². The van der Waals surface area contributed by atoms with Crippen LogP contribution in [0.2, 0.25) is 0 Å². The molecule has 0 aromatic heterocycles. The van der Waals surface area contributed by atoms with Gasteiger partial charge in [-0.15, -0.1) is 0 Å². The van der Waals surface area contributed by atoms with Crippen LogP contribution in [0.5, 0.6) is 0 Å². The molecule has 1 saturated carbocycles. The Kier molecular flexibility index (Phi) is 4.67. The lowest BCUT2D eigenvalue weighted by Gasteiger charge is -2.25. The highest BCUT2D eigenvalue weighted by atomic mass is 32.2. The molecule has 20 heavy (non-hydrogen) atoms. The van der Waals surface area contributed by atoms with Gasteiger partial charge in [0.2, 0.25) is 5.91 Å². The molecule has 1 unspecified atom stereocenters. The van der Waals surface area contributed by atoms with Crippen LogP contribution in [0.25, 0.3) is 0 Å². The number of carbonyl (C=O) groups excluding carboxylic acids is 1. The zero-order valence-corrected chi connectivity index (χ0v) is 12.2. The molecule has 1 heterocycles. The standard InChI is InChI=1S/C13H21NO5S/c15-12(9-3-5-10(6-4-9)13(16)17)14-8-11-2-1-7-20(11,18)19/h9-11H,1-8H2,(H,14,15)(H,16,17). The van der Waals surface area contributed by atoms with E-state index < -0.39 is 21.1 Å². The first-order valence-electron chi connectivity index (χ1n) is 7.12. The molecule has 1 atom stereocenters. The van der Waals surface area contributed by atoms with Gasteiger partial charge in [-0.05, 0) is 38.5 Å². The molecule has 1 amide bonds. The van der Waals surface area contributed by atoms with E-state index in [1.807, 2.05) is 0 Å². The summed E-state index contributed by atoms with van der Waals surface area (Å²) >= 11 is 0. The number of rotatable bonds is 4. The normalized spacial score (nSPS) is 32.7. The molecule has 0 spiro atoms. The van der Waals surface area contributed by atoms with Crippen LogP contribution >= 0.6 is 0 Å². The minimum atomic E-state index is -3.03. The Balaban J connectivity index is 1.77. The molecule has 1 aliphatic heterocycles. The monoisotopic (exact) mass is 303 g/mol. The van der Waals surface area contributed by atoms with E-state index in [9.17, 15) is 18.0 Å². The minimum Gasteiger partial charge on any atom is -0.481 e. The van der Waals surface area contributed by atoms with Crippen molar-refractivity contribution in [2.24, 2.45) is 11.8 Å². The fourth-order valence-corrected chi connectivity index (χ4v) is 4.81. The van der Waals surface area contributed by atoms with Gasteiger partial charge in [0.15, 0.2) is 9.84 Å². The van der Waals surface area contributed by atoms with Gasteiger partial charge in [0.05, 0.1) is 16.9 Å². The van der Waals surface area contributed by atoms with E-state index in [0.717, 1.165) is 0 Å². The zero-order chi connectivity index (χ0) is 14.8. The highest BCUT2D eigenvalue weighted by Crippen LogP contribution is 2.29. The predicted molar refractivity (Wildman–Crippen MR) is 72.9 cm³/mol. The maximum Gasteiger partial charge on any atom is 0.306 e. The summed E-state index contributed by atoms with van der Waals surface area (Å²) in [6.07, 6.45) is 3.48. The van der Waals surface area contributed by atoms with Crippen LogP contribution in [-0.4, -0.2) is 42.9 Å². The number of carboxylic acids is 1. The highest BCUT2D eigenvalue weighted by Gasteiger charge is 2.33. The van der Waals surface area contributed by atoms with Crippen molar-refractivity contribution in [3.63, 3.8) is 0 Å². The first kappa shape index (κ1) is 15.3. The van der Waals surface area contributed by atoms with Crippen molar-refractivity contribution in [3.8, 4) is 0 Å². The van der Waals surface area contributed by atoms with E-state index in [2.05, 4.69) is 5.32 Å². The van der Waals surface area contributed by atoms with Crippen LogP contribution in [-0.2, 0) is 19.4 Å². The molecule has 7 heteroatoms. The molecule has 2 N–H and O–H groups in total. The van der Waals surface area contributed by atoms with Gasteiger partial charge in [0, 0.05) is 12.5 Å². The Bertz CT molecular complexity index is 479. The fourth-order valence-electron chi connectivity index (χ4n) is 3.05. The van der Waals surface area contributed by atoms with Crippen LogP contribution in [0.15, 0.2) is 0 Å². The molecule has 0 aromatic rings. The quantitative estimate of drug-likeness (QED) is 0.791. The molecule has 114 valence electrons. The van der Waals surface area contributed by atoms with Crippen molar-refractivity contribution >= 4 is 21.7 Å². The molecule has 2 fully saturated rings. The summed E-state index contributed by atoms with van der Waals surface area (Å²) in [7, 11) is -3.03. The molecule has 2 rings (SSSR count). The minimum absolute atomic E-state index is 0.129. The second kappa shape index (κ2) is 6.11. The third kappa shape index (κ3) is 3.50. The van der Waals surface area contributed by atoms with E-state index in [1.54, 1.807) is 0 Å². The average Bonchev–Trinajstić information content (AvgIpc) is 2.75. The predicted octanol–water partition coefficient (Wildman–Crippen LogP) is 0.571. The van der Waals surface area contributed by atoms with Crippen molar-refractivity contribution < 1.29 is 23.1 Å². The number of sulfone groups is 1. The maximum atomic E-state index is 12.0. The Morgan fingerprint density at radius 2 is 1.65 bits per heavy atom. The number of carboxylic acid groups (broad SMARTS) is 1. The Hall–Kier alpha value is -1.11. The Labute approximate surface area is 118 Å². The van der Waals surface area contributed by atoms with Crippen LogP contribution < -0.4 is 5.32 Å². The molecule has 0 bridgehead atoms. The fraction of sp³-hybridized carbons (Fsp3) is 0.846. The molecule has 6 nitrogen and oxygen atoms in total. The largest absolute Gasteiger partial charge is 0.481 e. The van der Waals surface area contributed by atoms with Gasteiger partial charge < -0.3 is 10.4 Å². The smallest absolute Gasteiger partial charge is 0.306 e. The van der Waals surface area contributed by atoms with Gasteiger partial charge in [-0.2, -0.15) is 0 Å². The summed E-state index contributed by atoms with van der Waals surface area (Å²) in [4.78, 5) is 22.8. The van der Waals surface area contributed by atoms with Gasteiger partial charge >= 0.3 is 5.97 Å². The number of amides is 1. The summed E-state index contributed by atoms with van der Waals surface area (Å²) in [6.45, 7) is 0.194. The first-order chi connectivity index (χ1) is 9.40. The zero-order valence-electron chi connectivity index (χ0n) is 11.4. The van der Waals surface area contributed by atoms with Gasteiger partial charge in [-0.3, -0.25) is 9.59 Å². The number of nitrogens with one attached hydrogen (secondary N) is 1. The van der Waals surface area contributed by atoms with Crippen LogP contribution in [0.1, 0.15) is 38.5 Å². The second-order valence-corrected chi connectivity index (χ2v) is 8.16. The molecule has 1 saturated heterocycles. The van der Waals surface area contributed by atoms with Gasteiger partial charge in [-0.1, -0.05) is 0 Å². The molecule has 0 aromatic carbocycles. The molecular formula is C13H21NO5S. The van der Waals surface area contributed by atoms with Crippen LogP contribution in [0.3, 0.4) is 0 Å². The van der Waals surface area contributed by atoms with E-state index >= 15 is 0 Å². The summed E-state index contributed by atoms with van der Waals surface area (Å²) in [6, 6.07) is 0. The molecule has 2 aliphatic rings. The van der Waals surface area contributed by atoms with Crippen LogP contribution in [0, 0.1) is 11.8 Å². The van der Waals surface area contributed by atoms with Crippen molar-refractivity contribution in [3.05, 3.63) is 0 Å². The third-order valence-corrected chi connectivity index (χ3v) is 6.69. The third-order valence-electron chi connectivity index (χ3n) is 4.41. The Morgan fingerprint density at radius 1 is 1.05 bits per heavy atom. The van der Waals surface area contributed by atoms with Crippen molar-refractivity contribution in [1.82, 2.24) is 5.32 Å². The maximum absolute atomic E-state index is 12.0. The van der Waals surface area contributed by atoms with Crippen molar-refractivity contribution in [2.75, 3.05) is 12.3 Å². The van der Waals surface area contributed by atoms with E-state index in [1.165, 1.54) is 0 Å². The van der Waals surface area contributed by atoms with Gasteiger partial charge in [-0.25, -0.2) is 8.42 Å². The van der Waals surface area contributed by atoms with Crippen LogP contribution in [0.4, 0.5) is 0 Å². The lowest BCUT2D eigenvalue weighted by Crippen LogP contribution is -2.39. The number of aliphatic carboxylic acids is 1. The molecule has 1 aliphatic carbocycles. The van der Waals surface area contributed by atoms with Crippen molar-refractivity contribution in [2.45, 2.75) is 43.8 Å². The van der Waals surface area contributed by atoms with E-state index in [0.29, 0.717) is 38.5 Å². The lowest BCUT2D eigenvalue weighted by molar-refractivity contribution is -0.144. The van der Waals surface area contributed by atoms with E-state index in [4.69, 9.17) is 5.11 Å². The highest BCUT2D eigenvalue weighted by molar-refractivity contribution is 7.92. The summed E-state index contributed by atoms with van der Waals surface area (Å²) in [5.74, 6) is -1.21. The van der Waals surface area contributed by atoms with Gasteiger partial charge in [0.25, 0.3) is 0 Å². The second-order valence-electron chi connectivity index (χ2n) is 5.76. The molecular weight excluding hydrogens is 282 g/mol. The SMILES string of the molecule is O=C(O)C1CCC(C(=O)NCC2CCCS2(=O)=O)CC1. The number of carbonyl (C=O) groups is 2. The van der Waals surface area contributed by atoms with Gasteiger partial charge in [0.1, 0.15) is 0 Å². The first-order valence-corrected chi connectivity index (χ1v) is 8.84. The summed E-state index contributed by atoms with van der Waals surface area (Å²) < 4.78 is 23.3. The number of hydrogen-bond acceptors (Lipinski definition) is 4. The number of hydrogen-bond donors (Lipinski definition) is 2. The summed E-state index contributed by atoms with van der Waals surface area (Å²) in [5.41, 5.74) is 0.